The summed E-state index contributed by atoms with van der Waals surface area (Å²) in [6, 6.07) is 20.5. The number of methoxy groups -OCH3 is 1. The first-order valence-corrected chi connectivity index (χ1v) is 16.2. The number of unbranched alkanes of at least 4 members (excludes halogenated alkanes) is 1. The van der Waals surface area contributed by atoms with Gasteiger partial charge in [-0.3, -0.25) is 14.4 Å². The van der Waals surface area contributed by atoms with Crippen molar-refractivity contribution in [2.75, 3.05) is 40.0 Å². The Morgan fingerprint density at radius 2 is 1.77 bits per heavy atom. The van der Waals surface area contributed by atoms with Crippen LogP contribution in [0.3, 0.4) is 0 Å². The van der Waals surface area contributed by atoms with Gasteiger partial charge in [0.15, 0.2) is 0 Å². The molecular weight excluding hydrogens is 601 g/mol. The van der Waals surface area contributed by atoms with Gasteiger partial charge in [-0.25, -0.2) is 4.39 Å². The molecule has 0 saturated carbocycles. The topological polar surface area (TPSA) is 121 Å². The van der Waals surface area contributed by atoms with E-state index in [1.54, 1.807) is 54.5 Å². The Morgan fingerprint density at radius 1 is 1.00 bits per heavy atom. The molecule has 2 fully saturated rings. The summed E-state index contributed by atoms with van der Waals surface area (Å²) < 4.78 is 25.9. The van der Waals surface area contributed by atoms with Crippen LogP contribution < -0.4 is 26.0 Å². The van der Waals surface area contributed by atoms with Crippen molar-refractivity contribution in [2.24, 2.45) is 0 Å². The molecule has 2 saturated heterocycles. The number of amides is 3. The van der Waals surface area contributed by atoms with E-state index >= 15 is 0 Å². The van der Waals surface area contributed by atoms with Gasteiger partial charge < -0.3 is 35.6 Å². The summed E-state index contributed by atoms with van der Waals surface area (Å²) in [7, 11) is 1.58. The third-order valence-electron chi connectivity index (χ3n) is 8.73. The number of hydrogen-bond acceptors (Lipinski definition) is 7. The molecular formula is C36H44FN5O5. The van der Waals surface area contributed by atoms with Crippen LogP contribution in [0.1, 0.15) is 47.7 Å². The van der Waals surface area contributed by atoms with Gasteiger partial charge in [-0.05, 0) is 60.4 Å². The van der Waals surface area contributed by atoms with Crippen LogP contribution in [0.15, 0.2) is 78.9 Å². The zero-order chi connectivity index (χ0) is 33.2. The van der Waals surface area contributed by atoms with Crippen molar-refractivity contribution < 1.29 is 28.2 Å². The molecule has 250 valence electrons. The number of likely N-dealkylation sites (tertiary alicyclic amines) is 1. The zero-order valence-electron chi connectivity index (χ0n) is 27.0. The van der Waals surface area contributed by atoms with Crippen molar-refractivity contribution in [3.05, 3.63) is 101 Å². The zero-order valence-corrected chi connectivity index (χ0v) is 27.0. The molecule has 4 N–H and O–H groups in total. The number of ether oxygens (including phenoxy) is 2. The summed E-state index contributed by atoms with van der Waals surface area (Å²) in [6.07, 6.45) is 2.32. The number of benzene rings is 3. The van der Waals surface area contributed by atoms with Crippen molar-refractivity contribution in [1.82, 2.24) is 26.2 Å². The van der Waals surface area contributed by atoms with Crippen molar-refractivity contribution in [3.8, 4) is 5.75 Å². The fraction of sp³-hybridized carbons (Fsp3) is 0.417. The van der Waals surface area contributed by atoms with Crippen LogP contribution in [0, 0.1) is 5.82 Å². The predicted molar refractivity (Wildman–Crippen MR) is 176 cm³/mol. The highest BCUT2D eigenvalue weighted by atomic mass is 19.1. The first-order chi connectivity index (χ1) is 22.8. The highest BCUT2D eigenvalue weighted by Crippen LogP contribution is 2.37. The van der Waals surface area contributed by atoms with Crippen LogP contribution in [0.25, 0.3) is 0 Å². The number of rotatable bonds is 15. The van der Waals surface area contributed by atoms with E-state index in [2.05, 4.69) is 28.2 Å². The standard InChI is InChI=1S/C36H44FN5O5/c1-3-4-17-47-36(27-11-8-12-28(37)19-27)22-42(23-36)35(45)32(18-25-13-15-30(46-2)16-14-25)41-34(44)31(20-29-21-38-24-39-29)40-33(43)26-9-6-5-7-10-26/h5-16,19,29,31-32,38-39H,3-4,17-18,20-24H2,1-2H3,(H,40,43)(H,41,44)/t29?,31-,32-/m0/s1. The van der Waals surface area contributed by atoms with E-state index in [-0.39, 0.29) is 43.2 Å². The summed E-state index contributed by atoms with van der Waals surface area (Å²) in [4.78, 5) is 42.9. The van der Waals surface area contributed by atoms with Crippen LogP contribution in [-0.4, -0.2) is 80.8 Å². The molecule has 5 rings (SSSR count). The molecule has 0 aliphatic carbocycles. The molecule has 3 aromatic rings. The van der Waals surface area contributed by atoms with E-state index < -0.39 is 23.6 Å². The lowest BCUT2D eigenvalue weighted by molar-refractivity contribution is -0.175. The summed E-state index contributed by atoms with van der Waals surface area (Å²) in [5.41, 5.74) is 1.10. The predicted octanol–water partition coefficient (Wildman–Crippen LogP) is 3.12. The minimum absolute atomic E-state index is 0.0416. The van der Waals surface area contributed by atoms with E-state index in [1.165, 1.54) is 12.1 Å². The Balaban J connectivity index is 1.36. The average Bonchev–Trinajstić information content (AvgIpc) is 3.59. The molecule has 2 aliphatic rings. The van der Waals surface area contributed by atoms with E-state index in [0.717, 1.165) is 18.4 Å². The number of hydrogen-bond donors (Lipinski definition) is 4. The Labute approximate surface area is 275 Å². The number of carbonyl (C=O) groups excluding carboxylic acids is 3. The molecule has 1 unspecified atom stereocenters. The normalized spacial score (nSPS) is 18.1. The second-order valence-corrected chi connectivity index (χ2v) is 12.2. The summed E-state index contributed by atoms with van der Waals surface area (Å²) in [5.74, 6) is -0.804. The fourth-order valence-electron chi connectivity index (χ4n) is 6.01. The minimum atomic E-state index is -0.928. The summed E-state index contributed by atoms with van der Waals surface area (Å²) in [6.45, 7) is 4.24. The van der Waals surface area contributed by atoms with Gasteiger partial charge in [0.2, 0.25) is 11.8 Å². The molecule has 10 nitrogen and oxygen atoms in total. The number of nitrogens with one attached hydrogen (secondary N) is 4. The minimum Gasteiger partial charge on any atom is -0.497 e. The second-order valence-electron chi connectivity index (χ2n) is 12.2. The largest absolute Gasteiger partial charge is 0.497 e. The fourth-order valence-corrected chi connectivity index (χ4v) is 6.01. The Morgan fingerprint density at radius 3 is 2.43 bits per heavy atom. The van der Waals surface area contributed by atoms with Gasteiger partial charge in [0.1, 0.15) is 29.3 Å². The van der Waals surface area contributed by atoms with Crippen molar-refractivity contribution in [2.45, 2.75) is 56.3 Å². The van der Waals surface area contributed by atoms with Gasteiger partial charge in [-0.1, -0.05) is 55.8 Å². The maximum Gasteiger partial charge on any atom is 0.251 e. The van der Waals surface area contributed by atoms with Crippen molar-refractivity contribution in [1.29, 1.82) is 0 Å². The molecule has 3 atom stereocenters. The molecule has 2 heterocycles. The Bertz CT molecular complexity index is 1490. The first-order valence-electron chi connectivity index (χ1n) is 16.2. The van der Waals surface area contributed by atoms with E-state index in [1.807, 2.05) is 24.3 Å². The van der Waals surface area contributed by atoms with Gasteiger partial charge in [-0.2, -0.15) is 0 Å². The second kappa shape index (κ2) is 16.0. The van der Waals surface area contributed by atoms with Gasteiger partial charge in [0.05, 0.1) is 20.2 Å². The number of nitrogens with zero attached hydrogens (tertiary/aromatic N) is 1. The maximum absolute atomic E-state index is 14.3. The molecule has 3 amide bonds. The van der Waals surface area contributed by atoms with E-state index in [4.69, 9.17) is 9.47 Å². The molecule has 11 heteroatoms. The molecule has 0 spiro atoms. The highest BCUT2D eigenvalue weighted by Gasteiger charge is 2.49. The quantitative estimate of drug-likeness (QED) is 0.188. The SMILES string of the molecule is CCCCOC1(c2cccc(F)c2)CN(C(=O)[C@H](Cc2ccc(OC)cc2)NC(=O)[C@H](CC2CNCN2)NC(=O)c2ccccc2)C1. The first kappa shape index (κ1) is 34.0. The summed E-state index contributed by atoms with van der Waals surface area (Å²) >= 11 is 0. The number of carbonyl (C=O) groups is 3. The van der Waals surface area contributed by atoms with Gasteiger partial charge in [-0.15, -0.1) is 0 Å². The van der Waals surface area contributed by atoms with Gasteiger partial charge >= 0.3 is 0 Å². The van der Waals surface area contributed by atoms with Crippen LogP contribution in [0.5, 0.6) is 5.75 Å². The lowest BCUT2D eigenvalue weighted by Gasteiger charge is -2.51. The highest BCUT2D eigenvalue weighted by molar-refractivity contribution is 5.98. The monoisotopic (exact) mass is 645 g/mol. The molecule has 0 radical (unpaired) electrons. The van der Waals surface area contributed by atoms with Crippen molar-refractivity contribution in [3.63, 3.8) is 0 Å². The molecule has 47 heavy (non-hydrogen) atoms. The van der Waals surface area contributed by atoms with Gasteiger partial charge in [0, 0.05) is 37.8 Å². The van der Waals surface area contributed by atoms with E-state index in [0.29, 0.717) is 43.1 Å². The molecule has 0 bridgehead atoms. The molecule has 0 aromatic heterocycles. The van der Waals surface area contributed by atoms with Crippen LogP contribution in [0.4, 0.5) is 4.39 Å². The third kappa shape index (κ3) is 8.73. The smallest absolute Gasteiger partial charge is 0.251 e. The van der Waals surface area contributed by atoms with Crippen LogP contribution in [0.2, 0.25) is 0 Å². The lowest BCUT2D eigenvalue weighted by Crippen LogP contribution is -2.66. The van der Waals surface area contributed by atoms with Crippen molar-refractivity contribution >= 4 is 17.7 Å². The maximum atomic E-state index is 14.3. The lowest BCUT2D eigenvalue weighted by atomic mass is 9.84. The third-order valence-corrected chi connectivity index (χ3v) is 8.73. The molecule has 3 aromatic carbocycles. The number of halogens is 1. The van der Waals surface area contributed by atoms with E-state index in [9.17, 15) is 18.8 Å². The Hall–Kier alpha value is -4.32. The average molecular weight is 646 g/mol. The summed E-state index contributed by atoms with van der Waals surface area (Å²) in [5, 5.41) is 12.4. The Kier molecular flexibility index (Phi) is 11.6. The van der Waals surface area contributed by atoms with Crippen LogP contribution >= 0.6 is 0 Å². The van der Waals surface area contributed by atoms with Crippen LogP contribution in [-0.2, 0) is 26.3 Å². The van der Waals surface area contributed by atoms with Gasteiger partial charge in [0.25, 0.3) is 5.91 Å². The molecule has 2 aliphatic heterocycles.